The van der Waals surface area contributed by atoms with Crippen LogP contribution in [0.4, 0.5) is 4.79 Å². The first-order valence-electron chi connectivity index (χ1n) is 14.0. The van der Waals surface area contributed by atoms with Crippen molar-refractivity contribution in [3.8, 4) is 33.5 Å². The zero-order valence-corrected chi connectivity index (χ0v) is 23.8. The number of benzene rings is 4. The van der Waals surface area contributed by atoms with Crippen molar-refractivity contribution in [2.45, 2.75) is 18.4 Å². The molecule has 1 unspecified atom stereocenters. The number of imidazole rings is 1. The molecule has 7 rings (SSSR count). The van der Waals surface area contributed by atoms with E-state index in [1.54, 1.807) is 0 Å². The Kier molecular flexibility index (Phi) is 6.96. The van der Waals surface area contributed by atoms with Gasteiger partial charge in [-0.05, 0) is 33.4 Å². The molecule has 1 amide bonds. The number of hydrogen-bond donors (Lipinski definition) is 2. The van der Waals surface area contributed by atoms with E-state index in [0.717, 1.165) is 43.9 Å². The van der Waals surface area contributed by atoms with Crippen LogP contribution < -0.4 is 5.32 Å². The number of rotatable bonds is 8. The predicted molar refractivity (Wildman–Crippen MR) is 167 cm³/mol. The van der Waals surface area contributed by atoms with Crippen LogP contribution in [0, 0.1) is 0 Å². The van der Waals surface area contributed by atoms with Gasteiger partial charge in [0.15, 0.2) is 4.96 Å². The van der Waals surface area contributed by atoms with Gasteiger partial charge in [-0.1, -0.05) is 103 Å². The van der Waals surface area contributed by atoms with Gasteiger partial charge in [-0.2, -0.15) is 0 Å². The minimum atomic E-state index is -1.21. The molecule has 2 heterocycles. The number of amides is 1. The number of hydrogen-bond acceptors (Lipinski definition) is 5. The monoisotopic (exact) mass is 585 g/mol. The second kappa shape index (κ2) is 11.2. The van der Waals surface area contributed by atoms with E-state index in [0.29, 0.717) is 11.4 Å². The molecule has 7 nitrogen and oxygen atoms in total. The van der Waals surface area contributed by atoms with Gasteiger partial charge < -0.3 is 15.2 Å². The fourth-order valence-electron chi connectivity index (χ4n) is 5.89. The minimum absolute atomic E-state index is 0.0349. The van der Waals surface area contributed by atoms with Gasteiger partial charge in [0.05, 0.1) is 11.4 Å². The molecule has 43 heavy (non-hydrogen) atoms. The lowest BCUT2D eigenvalue weighted by Gasteiger charge is -2.18. The molecule has 1 atom stereocenters. The summed E-state index contributed by atoms with van der Waals surface area (Å²) in [7, 11) is 0. The van der Waals surface area contributed by atoms with Crippen LogP contribution in [-0.2, 0) is 16.0 Å². The van der Waals surface area contributed by atoms with E-state index in [2.05, 4.69) is 29.6 Å². The summed E-state index contributed by atoms with van der Waals surface area (Å²) in [5.74, 6) is -1.27. The van der Waals surface area contributed by atoms with E-state index in [1.807, 2.05) is 94.8 Å². The number of thiazole rings is 1. The summed E-state index contributed by atoms with van der Waals surface area (Å²) in [5, 5.41) is 14.6. The molecule has 4 aromatic carbocycles. The van der Waals surface area contributed by atoms with Crippen molar-refractivity contribution < 1.29 is 19.4 Å². The van der Waals surface area contributed by atoms with Gasteiger partial charge in [-0.15, -0.1) is 11.3 Å². The average molecular weight is 586 g/mol. The zero-order valence-electron chi connectivity index (χ0n) is 23.0. The molecule has 1 aliphatic rings. The maximum absolute atomic E-state index is 13.0. The lowest BCUT2D eigenvalue weighted by atomic mass is 9.98. The van der Waals surface area contributed by atoms with Crippen LogP contribution in [0.15, 0.2) is 115 Å². The maximum atomic E-state index is 13.0. The van der Waals surface area contributed by atoms with Crippen LogP contribution >= 0.6 is 11.3 Å². The number of aliphatic carboxylic acids is 1. The molecule has 0 radical (unpaired) electrons. The maximum Gasteiger partial charge on any atom is 0.407 e. The van der Waals surface area contributed by atoms with Crippen LogP contribution in [0.25, 0.3) is 38.5 Å². The summed E-state index contributed by atoms with van der Waals surface area (Å²) in [6, 6.07) is 33.1. The number of aromatic nitrogens is 2. The quantitative estimate of drug-likeness (QED) is 0.196. The summed E-state index contributed by atoms with van der Waals surface area (Å²) in [6.45, 7) is 0.104. The number of carbonyl (C=O) groups excluding carboxylic acids is 1. The molecule has 0 spiro atoms. The number of carboxylic acids is 1. The van der Waals surface area contributed by atoms with Crippen LogP contribution in [0.5, 0.6) is 0 Å². The SMILES string of the molecule is O=C(NC(Cc1c(-c2ccc(-c3ccccc3)cc2)nc2sccn12)C(=O)O)OCC1c2ccccc2-c2ccccc21. The summed E-state index contributed by atoms with van der Waals surface area (Å²) < 4.78 is 7.54. The third-order valence-corrected chi connectivity index (χ3v) is 8.71. The van der Waals surface area contributed by atoms with Gasteiger partial charge >= 0.3 is 12.1 Å². The summed E-state index contributed by atoms with van der Waals surface area (Å²) in [6.07, 6.45) is 1.14. The molecule has 1 aliphatic carbocycles. The Hall–Kier alpha value is -5.21. The fourth-order valence-corrected chi connectivity index (χ4v) is 6.62. The Labute approximate surface area is 252 Å². The third kappa shape index (κ3) is 5.06. The van der Waals surface area contributed by atoms with Gasteiger partial charge in [0, 0.05) is 29.5 Å². The topological polar surface area (TPSA) is 92.9 Å². The van der Waals surface area contributed by atoms with E-state index in [1.165, 1.54) is 11.3 Å². The second-order valence-electron chi connectivity index (χ2n) is 10.5. The molecule has 8 heteroatoms. The minimum Gasteiger partial charge on any atom is -0.480 e. The number of alkyl carbamates (subject to hydrolysis) is 1. The molecule has 0 bridgehead atoms. The summed E-state index contributed by atoms with van der Waals surface area (Å²) in [4.78, 5) is 30.9. The molecule has 2 aromatic heterocycles. The molecule has 0 aliphatic heterocycles. The molecular weight excluding hydrogens is 558 g/mol. The van der Waals surface area contributed by atoms with Gasteiger partial charge in [0.2, 0.25) is 0 Å². The second-order valence-corrected chi connectivity index (χ2v) is 11.3. The first kappa shape index (κ1) is 26.7. The summed E-state index contributed by atoms with van der Waals surface area (Å²) in [5.41, 5.74) is 8.88. The fraction of sp³-hybridized carbons (Fsp3) is 0.114. The average Bonchev–Trinajstić information content (AvgIpc) is 3.73. The predicted octanol–water partition coefficient (Wildman–Crippen LogP) is 7.26. The van der Waals surface area contributed by atoms with E-state index in [-0.39, 0.29) is 18.9 Å². The Bertz CT molecular complexity index is 1900. The van der Waals surface area contributed by atoms with Crippen molar-refractivity contribution in [2.75, 3.05) is 6.61 Å². The van der Waals surface area contributed by atoms with E-state index in [4.69, 9.17) is 9.72 Å². The van der Waals surface area contributed by atoms with Crippen LogP contribution in [0.3, 0.4) is 0 Å². The van der Waals surface area contributed by atoms with Crippen molar-refractivity contribution in [1.82, 2.24) is 14.7 Å². The van der Waals surface area contributed by atoms with Crippen LogP contribution in [0.1, 0.15) is 22.7 Å². The first-order chi connectivity index (χ1) is 21.1. The number of carboxylic acid groups (broad SMARTS) is 1. The lowest BCUT2D eigenvalue weighted by molar-refractivity contribution is -0.139. The number of carbonyl (C=O) groups is 2. The van der Waals surface area contributed by atoms with Gasteiger partial charge in [-0.3, -0.25) is 4.40 Å². The van der Waals surface area contributed by atoms with Gasteiger partial charge in [0.25, 0.3) is 0 Å². The van der Waals surface area contributed by atoms with Crippen molar-refractivity contribution in [1.29, 1.82) is 0 Å². The Balaban J connectivity index is 1.10. The molecule has 0 fully saturated rings. The molecule has 0 saturated heterocycles. The van der Waals surface area contributed by atoms with Crippen molar-refractivity contribution >= 4 is 28.4 Å². The smallest absolute Gasteiger partial charge is 0.407 e. The first-order valence-corrected chi connectivity index (χ1v) is 14.9. The van der Waals surface area contributed by atoms with Crippen molar-refractivity contribution in [3.63, 3.8) is 0 Å². The molecule has 212 valence electrons. The highest BCUT2D eigenvalue weighted by atomic mass is 32.1. The lowest BCUT2D eigenvalue weighted by Crippen LogP contribution is -2.43. The Morgan fingerprint density at radius 3 is 2.12 bits per heavy atom. The molecular formula is C35H27N3O4S. The Morgan fingerprint density at radius 2 is 1.44 bits per heavy atom. The normalized spacial score (nSPS) is 12.9. The van der Waals surface area contributed by atoms with E-state index < -0.39 is 18.1 Å². The van der Waals surface area contributed by atoms with Crippen LogP contribution in [0.2, 0.25) is 0 Å². The van der Waals surface area contributed by atoms with Gasteiger partial charge in [-0.25, -0.2) is 14.6 Å². The van der Waals surface area contributed by atoms with Gasteiger partial charge in [0.1, 0.15) is 12.6 Å². The van der Waals surface area contributed by atoms with E-state index in [9.17, 15) is 14.7 Å². The standard InChI is InChI=1S/C35H27N3O4S/c39-33(40)30(36-35(41)42-21-29-27-12-6-4-10-25(27)26-11-5-7-13-28(26)29)20-31-32(37-34-38(31)18-19-43-34)24-16-14-23(15-17-24)22-8-2-1-3-9-22/h1-19,29-30H,20-21H2,(H,36,41)(H,39,40). The molecule has 0 saturated carbocycles. The van der Waals surface area contributed by atoms with Crippen molar-refractivity contribution in [3.05, 3.63) is 132 Å². The van der Waals surface area contributed by atoms with E-state index >= 15 is 0 Å². The summed E-state index contributed by atoms with van der Waals surface area (Å²) >= 11 is 1.47. The molecule has 2 N–H and O–H groups in total. The number of nitrogens with one attached hydrogen (secondary N) is 1. The highest BCUT2D eigenvalue weighted by molar-refractivity contribution is 7.15. The highest BCUT2D eigenvalue weighted by Crippen LogP contribution is 2.44. The third-order valence-electron chi connectivity index (χ3n) is 7.96. The van der Waals surface area contributed by atoms with Crippen molar-refractivity contribution in [2.24, 2.45) is 0 Å². The zero-order chi connectivity index (χ0) is 29.3. The highest BCUT2D eigenvalue weighted by Gasteiger charge is 2.30. The number of nitrogens with zero attached hydrogens (tertiary/aromatic N) is 2. The largest absolute Gasteiger partial charge is 0.480 e. The number of ether oxygens (including phenoxy) is 1. The molecule has 6 aromatic rings. The Morgan fingerprint density at radius 1 is 0.837 bits per heavy atom. The van der Waals surface area contributed by atoms with Crippen LogP contribution in [-0.4, -0.2) is 39.2 Å². The number of fused-ring (bicyclic) bond motifs is 4.